The van der Waals surface area contributed by atoms with Crippen molar-refractivity contribution in [2.45, 2.75) is 94.7 Å². The molecule has 0 unspecified atom stereocenters. The summed E-state index contributed by atoms with van der Waals surface area (Å²) in [5, 5.41) is 3.95. The molecule has 3 fully saturated rings. The van der Waals surface area contributed by atoms with E-state index in [0.717, 1.165) is 6.04 Å². The molecule has 3 heteroatoms. The van der Waals surface area contributed by atoms with Gasteiger partial charge in [-0.05, 0) is 64.5 Å². The zero-order valence-corrected chi connectivity index (χ0v) is 13.8. The highest BCUT2D eigenvalue weighted by Crippen LogP contribution is 2.35. The SMILES string of the molecule is NC1CCC(NCC2(N3CCCCC3)CCCCC2)CC1. The largest absolute Gasteiger partial charge is 0.328 e. The number of nitrogens with two attached hydrogens (primary N) is 1. The van der Waals surface area contributed by atoms with Gasteiger partial charge in [0.15, 0.2) is 0 Å². The molecule has 21 heavy (non-hydrogen) atoms. The lowest BCUT2D eigenvalue weighted by Crippen LogP contribution is -2.58. The van der Waals surface area contributed by atoms with Crippen molar-refractivity contribution >= 4 is 0 Å². The van der Waals surface area contributed by atoms with Crippen LogP contribution in [-0.4, -0.2) is 42.2 Å². The van der Waals surface area contributed by atoms with Gasteiger partial charge in [0.1, 0.15) is 0 Å². The van der Waals surface area contributed by atoms with Gasteiger partial charge in [0.25, 0.3) is 0 Å². The van der Waals surface area contributed by atoms with Crippen LogP contribution >= 0.6 is 0 Å². The molecule has 0 bridgehead atoms. The van der Waals surface area contributed by atoms with Gasteiger partial charge in [-0.15, -0.1) is 0 Å². The van der Waals surface area contributed by atoms with Gasteiger partial charge < -0.3 is 11.1 Å². The molecule has 0 radical (unpaired) electrons. The van der Waals surface area contributed by atoms with E-state index < -0.39 is 0 Å². The minimum absolute atomic E-state index is 0.466. The number of rotatable bonds is 4. The fourth-order valence-electron chi connectivity index (χ4n) is 4.84. The average molecular weight is 293 g/mol. The summed E-state index contributed by atoms with van der Waals surface area (Å²) in [7, 11) is 0. The summed E-state index contributed by atoms with van der Waals surface area (Å²) in [6.07, 6.45) is 16.5. The van der Waals surface area contributed by atoms with Crippen LogP contribution in [0.4, 0.5) is 0 Å². The van der Waals surface area contributed by atoms with E-state index in [9.17, 15) is 0 Å². The van der Waals surface area contributed by atoms with Crippen LogP contribution in [0.25, 0.3) is 0 Å². The summed E-state index contributed by atoms with van der Waals surface area (Å²) in [6, 6.07) is 1.20. The van der Waals surface area contributed by atoms with Crippen molar-refractivity contribution in [1.82, 2.24) is 10.2 Å². The Balaban J connectivity index is 1.56. The summed E-state index contributed by atoms with van der Waals surface area (Å²) < 4.78 is 0. The van der Waals surface area contributed by atoms with E-state index >= 15 is 0 Å². The number of hydrogen-bond acceptors (Lipinski definition) is 3. The summed E-state index contributed by atoms with van der Waals surface area (Å²) in [4.78, 5) is 2.86. The molecule has 122 valence electrons. The van der Waals surface area contributed by atoms with E-state index in [1.54, 1.807) is 0 Å². The maximum Gasteiger partial charge on any atom is 0.0334 e. The highest BCUT2D eigenvalue weighted by molar-refractivity contribution is 4.97. The van der Waals surface area contributed by atoms with Crippen LogP contribution in [0.3, 0.4) is 0 Å². The molecule has 0 spiro atoms. The molecule has 1 heterocycles. The molecular formula is C18H35N3. The maximum atomic E-state index is 6.04. The highest BCUT2D eigenvalue weighted by Gasteiger charge is 2.38. The quantitative estimate of drug-likeness (QED) is 0.837. The van der Waals surface area contributed by atoms with Crippen molar-refractivity contribution in [1.29, 1.82) is 0 Å². The number of hydrogen-bond donors (Lipinski definition) is 2. The van der Waals surface area contributed by atoms with Crippen LogP contribution in [0, 0.1) is 0 Å². The normalized spacial score (nSPS) is 34.7. The Bertz CT molecular complexity index is 298. The van der Waals surface area contributed by atoms with Crippen molar-refractivity contribution < 1.29 is 0 Å². The van der Waals surface area contributed by atoms with Crippen molar-refractivity contribution in [3.05, 3.63) is 0 Å². The Morgan fingerprint density at radius 3 is 2.14 bits per heavy atom. The van der Waals surface area contributed by atoms with E-state index in [0.29, 0.717) is 11.6 Å². The molecule has 3 N–H and O–H groups in total. The first-order chi connectivity index (χ1) is 10.3. The Morgan fingerprint density at radius 2 is 1.48 bits per heavy atom. The Kier molecular flexibility index (Phi) is 5.58. The first-order valence-corrected chi connectivity index (χ1v) is 9.53. The molecular weight excluding hydrogens is 258 g/mol. The van der Waals surface area contributed by atoms with Crippen LogP contribution < -0.4 is 11.1 Å². The molecule has 1 saturated heterocycles. The Morgan fingerprint density at radius 1 is 0.857 bits per heavy atom. The molecule has 0 atom stereocenters. The predicted octanol–water partition coefficient (Wildman–Crippen LogP) is 3.03. The molecule has 2 aliphatic carbocycles. The first kappa shape index (κ1) is 15.8. The van der Waals surface area contributed by atoms with Crippen molar-refractivity contribution in [3.8, 4) is 0 Å². The monoisotopic (exact) mass is 293 g/mol. The molecule has 3 aliphatic rings. The molecule has 0 aromatic heterocycles. The third kappa shape index (κ3) is 4.00. The highest BCUT2D eigenvalue weighted by atomic mass is 15.2. The average Bonchev–Trinajstić information content (AvgIpc) is 2.56. The predicted molar refractivity (Wildman–Crippen MR) is 89.5 cm³/mol. The van der Waals surface area contributed by atoms with Gasteiger partial charge in [-0.2, -0.15) is 0 Å². The molecule has 2 saturated carbocycles. The smallest absolute Gasteiger partial charge is 0.0334 e. The van der Waals surface area contributed by atoms with Crippen LogP contribution in [0.15, 0.2) is 0 Å². The second-order valence-electron chi connectivity index (χ2n) is 7.83. The van der Waals surface area contributed by atoms with Gasteiger partial charge in [-0.25, -0.2) is 0 Å². The Hall–Kier alpha value is -0.120. The van der Waals surface area contributed by atoms with Gasteiger partial charge in [0, 0.05) is 24.2 Å². The van der Waals surface area contributed by atoms with Gasteiger partial charge in [0.2, 0.25) is 0 Å². The molecule has 3 nitrogen and oxygen atoms in total. The fourth-order valence-corrected chi connectivity index (χ4v) is 4.84. The van der Waals surface area contributed by atoms with Crippen LogP contribution in [0.5, 0.6) is 0 Å². The van der Waals surface area contributed by atoms with Gasteiger partial charge in [-0.3, -0.25) is 4.90 Å². The lowest BCUT2D eigenvalue weighted by Gasteiger charge is -2.49. The fraction of sp³-hybridized carbons (Fsp3) is 1.00. The second kappa shape index (κ2) is 7.43. The zero-order chi connectivity index (χ0) is 14.5. The first-order valence-electron chi connectivity index (χ1n) is 9.53. The summed E-state index contributed by atoms with van der Waals surface area (Å²) in [5.74, 6) is 0. The van der Waals surface area contributed by atoms with Crippen LogP contribution in [-0.2, 0) is 0 Å². The lowest BCUT2D eigenvalue weighted by atomic mass is 9.78. The molecule has 0 aromatic rings. The van der Waals surface area contributed by atoms with Crippen LogP contribution in [0.2, 0.25) is 0 Å². The standard InChI is InChI=1S/C18H35N3/c19-16-7-9-17(10-8-16)20-15-18(11-3-1-4-12-18)21-13-5-2-6-14-21/h16-17,20H,1-15,19H2. The third-order valence-corrected chi connectivity index (χ3v) is 6.30. The topological polar surface area (TPSA) is 41.3 Å². The van der Waals surface area contributed by atoms with Gasteiger partial charge in [0.05, 0.1) is 0 Å². The third-order valence-electron chi connectivity index (χ3n) is 6.30. The van der Waals surface area contributed by atoms with E-state index in [1.165, 1.54) is 96.7 Å². The van der Waals surface area contributed by atoms with Crippen molar-refractivity contribution in [3.63, 3.8) is 0 Å². The van der Waals surface area contributed by atoms with Gasteiger partial charge >= 0.3 is 0 Å². The number of nitrogens with zero attached hydrogens (tertiary/aromatic N) is 1. The summed E-state index contributed by atoms with van der Waals surface area (Å²) in [5.41, 5.74) is 6.53. The number of likely N-dealkylation sites (tertiary alicyclic amines) is 1. The minimum Gasteiger partial charge on any atom is -0.328 e. The van der Waals surface area contributed by atoms with E-state index in [-0.39, 0.29) is 0 Å². The lowest BCUT2D eigenvalue weighted by molar-refractivity contribution is 0.0302. The molecule has 1 aliphatic heterocycles. The van der Waals surface area contributed by atoms with Crippen molar-refractivity contribution in [2.75, 3.05) is 19.6 Å². The molecule has 0 amide bonds. The van der Waals surface area contributed by atoms with Crippen LogP contribution in [0.1, 0.15) is 77.0 Å². The van der Waals surface area contributed by atoms with E-state index in [2.05, 4.69) is 10.2 Å². The summed E-state index contributed by atoms with van der Waals surface area (Å²) in [6.45, 7) is 3.92. The Labute approximate surface area is 131 Å². The minimum atomic E-state index is 0.466. The maximum absolute atomic E-state index is 6.04. The van der Waals surface area contributed by atoms with E-state index in [4.69, 9.17) is 5.73 Å². The summed E-state index contributed by atoms with van der Waals surface area (Å²) >= 11 is 0. The number of piperidine rings is 1. The van der Waals surface area contributed by atoms with E-state index in [1.807, 2.05) is 0 Å². The zero-order valence-electron chi connectivity index (χ0n) is 13.8. The molecule has 0 aromatic carbocycles. The van der Waals surface area contributed by atoms with Crippen molar-refractivity contribution in [2.24, 2.45) is 5.73 Å². The number of nitrogens with one attached hydrogen (secondary N) is 1. The van der Waals surface area contributed by atoms with Gasteiger partial charge in [-0.1, -0.05) is 25.7 Å². The molecule has 3 rings (SSSR count). The second-order valence-corrected chi connectivity index (χ2v) is 7.83.